The van der Waals surface area contributed by atoms with Gasteiger partial charge in [0.05, 0.1) is 4.92 Å². The van der Waals surface area contributed by atoms with Crippen molar-refractivity contribution >= 4 is 34.0 Å². The lowest BCUT2D eigenvalue weighted by molar-refractivity contribution is -0.384. The van der Waals surface area contributed by atoms with Gasteiger partial charge in [0, 0.05) is 40.0 Å². The molecule has 108 valence electrons. The molecule has 1 aliphatic rings. The molecule has 0 saturated carbocycles. The van der Waals surface area contributed by atoms with E-state index in [1.165, 1.54) is 18.2 Å². The maximum Gasteiger partial charge on any atom is 0.288 e. The molecule has 6 nitrogen and oxygen atoms in total. The summed E-state index contributed by atoms with van der Waals surface area (Å²) in [6, 6.07) is 3.92. The lowest BCUT2D eigenvalue weighted by Crippen LogP contribution is -2.39. The molecular formula is C12H13ClN2O4S. The van der Waals surface area contributed by atoms with E-state index in [9.17, 15) is 19.1 Å². The summed E-state index contributed by atoms with van der Waals surface area (Å²) < 4.78 is 11.2. The molecule has 0 atom stereocenters. The summed E-state index contributed by atoms with van der Waals surface area (Å²) in [4.78, 5) is 22.2. The Bertz CT molecular complexity index is 569. The van der Waals surface area contributed by atoms with Gasteiger partial charge in [0.1, 0.15) is 5.02 Å². The van der Waals surface area contributed by atoms with Gasteiger partial charge in [-0.1, -0.05) is 11.6 Å². The minimum absolute atomic E-state index is 0.000358. The number of amides is 1. The van der Waals surface area contributed by atoms with Crippen LogP contribution in [0.3, 0.4) is 0 Å². The number of carbonyl (C=O) groups excluding carboxylic acids is 1. The molecule has 0 bridgehead atoms. The number of nitro groups is 1. The highest BCUT2D eigenvalue weighted by Gasteiger charge is 2.21. The Kier molecular flexibility index (Phi) is 4.72. The Labute approximate surface area is 123 Å². The second-order valence-corrected chi connectivity index (χ2v) is 6.62. The molecule has 1 heterocycles. The van der Waals surface area contributed by atoms with Crippen molar-refractivity contribution in [3.8, 4) is 0 Å². The molecule has 1 aliphatic heterocycles. The van der Waals surface area contributed by atoms with Crippen molar-refractivity contribution in [2.45, 2.75) is 18.9 Å². The van der Waals surface area contributed by atoms with Gasteiger partial charge in [-0.3, -0.25) is 19.1 Å². The van der Waals surface area contributed by atoms with Crippen molar-refractivity contribution in [3.05, 3.63) is 38.9 Å². The average Bonchev–Trinajstić information content (AvgIpc) is 2.41. The molecule has 0 spiro atoms. The summed E-state index contributed by atoms with van der Waals surface area (Å²) >= 11 is 5.70. The third-order valence-corrected chi connectivity index (χ3v) is 4.83. The summed E-state index contributed by atoms with van der Waals surface area (Å²) in [5.41, 5.74) is -0.0862. The minimum atomic E-state index is -0.791. The van der Waals surface area contributed by atoms with E-state index in [1.807, 2.05) is 0 Å². The molecule has 2 rings (SSSR count). The number of hydrogen-bond acceptors (Lipinski definition) is 4. The van der Waals surface area contributed by atoms with Crippen molar-refractivity contribution < 1.29 is 13.9 Å². The number of hydrogen-bond donors (Lipinski definition) is 1. The highest BCUT2D eigenvalue weighted by atomic mass is 35.5. The third kappa shape index (κ3) is 3.55. The first-order valence-electron chi connectivity index (χ1n) is 6.07. The van der Waals surface area contributed by atoms with Crippen LogP contribution in [-0.4, -0.2) is 32.6 Å². The number of rotatable bonds is 3. The summed E-state index contributed by atoms with van der Waals surface area (Å²) in [5.74, 6) is 0.777. The molecule has 1 amide bonds. The smallest absolute Gasteiger partial charge is 0.288 e. The zero-order chi connectivity index (χ0) is 14.7. The second-order valence-electron chi connectivity index (χ2n) is 4.52. The first kappa shape index (κ1) is 14.9. The van der Waals surface area contributed by atoms with Crippen molar-refractivity contribution in [2.75, 3.05) is 11.5 Å². The molecule has 0 unspecified atom stereocenters. The van der Waals surface area contributed by atoms with E-state index in [0.717, 1.165) is 0 Å². The first-order valence-corrected chi connectivity index (χ1v) is 7.94. The SMILES string of the molecule is O=C(NC1CCS(=O)CC1)c1ccc(Cl)c([N+](=O)[O-])c1. The molecule has 0 aromatic heterocycles. The number of benzene rings is 1. The maximum absolute atomic E-state index is 12.0. The zero-order valence-corrected chi connectivity index (χ0v) is 12.1. The number of nitrogens with one attached hydrogen (secondary N) is 1. The van der Waals surface area contributed by atoms with Crippen molar-refractivity contribution in [1.29, 1.82) is 0 Å². The van der Waals surface area contributed by atoms with E-state index < -0.39 is 15.7 Å². The van der Waals surface area contributed by atoms with Crippen LogP contribution in [0.2, 0.25) is 5.02 Å². The van der Waals surface area contributed by atoms with Gasteiger partial charge in [-0.05, 0) is 25.0 Å². The average molecular weight is 317 g/mol. The normalized spacial score (nSPS) is 22.2. The van der Waals surface area contributed by atoms with Crippen LogP contribution < -0.4 is 5.32 Å². The van der Waals surface area contributed by atoms with Gasteiger partial charge in [-0.25, -0.2) is 0 Å². The zero-order valence-electron chi connectivity index (χ0n) is 10.5. The molecule has 8 heteroatoms. The van der Waals surface area contributed by atoms with Gasteiger partial charge in [0.25, 0.3) is 11.6 Å². The monoisotopic (exact) mass is 316 g/mol. The molecule has 20 heavy (non-hydrogen) atoms. The molecule has 1 aromatic carbocycles. The molecule has 1 saturated heterocycles. The standard InChI is InChI=1S/C12H13ClN2O4S/c13-10-2-1-8(7-11(10)15(17)18)12(16)14-9-3-5-20(19)6-4-9/h1-2,7,9H,3-6H2,(H,14,16). The predicted molar refractivity (Wildman–Crippen MR) is 76.5 cm³/mol. The van der Waals surface area contributed by atoms with E-state index >= 15 is 0 Å². The largest absolute Gasteiger partial charge is 0.349 e. The van der Waals surface area contributed by atoms with Gasteiger partial charge in [0.2, 0.25) is 0 Å². The van der Waals surface area contributed by atoms with Gasteiger partial charge in [-0.15, -0.1) is 0 Å². The van der Waals surface area contributed by atoms with E-state index in [0.29, 0.717) is 24.3 Å². The van der Waals surface area contributed by atoms with Crippen LogP contribution in [-0.2, 0) is 10.8 Å². The van der Waals surface area contributed by atoms with Gasteiger partial charge in [-0.2, -0.15) is 0 Å². The van der Waals surface area contributed by atoms with Crippen LogP contribution in [0.4, 0.5) is 5.69 Å². The first-order chi connectivity index (χ1) is 9.47. The third-order valence-electron chi connectivity index (χ3n) is 3.13. The van der Waals surface area contributed by atoms with E-state index in [-0.39, 0.29) is 28.2 Å². The van der Waals surface area contributed by atoms with Crippen molar-refractivity contribution in [2.24, 2.45) is 0 Å². The fourth-order valence-corrected chi connectivity index (χ4v) is 3.49. The van der Waals surface area contributed by atoms with Crippen LogP contribution >= 0.6 is 11.6 Å². The maximum atomic E-state index is 12.0. The van der Waals surface area contributed by atoms with Crippen LogP contribution in [0.1, 0.15) is 23.2 Å². The Balaban J connectivity index is 2.07. The van der Waals surface area contributed by atoms with E-state index in [4.69, 9.17) is 11.6 Å². The van der Waals surface area contributed by atoms with Crippen LogP contribution in [0, 0.1) is 10.1 Å². The van der Waals surface area contributed by atoms with Crippen LogP contribution in [0.25, 0.3) is 0 Å². The van der Waals surface area contributed by atoms with Crippen LogP contribution in [0.15, 0.2) is 18.2 Å². The lowest BCUT2D eigenvalue weighted by atomic mass is 10.1. The Morgan fingerprint density at radius 3 is 2.65 bits per heavy atom. The fourth-order valence-electron chi connectivity index (χ4n) is 2.00. The van der Waals surface area contributed by atoms with Gasteiger partial charge in [0.15, 0.2) is 0 Å². The van der Waals surface area contributed by atoms with E-state index in [2.05, 4.69) is 5.32 Å². The minimum Gasteiger partial charge on any atom is -0.349 e. The highest BCUT2D eigenvalue weighted by molar-refractivity contribution is 7.85. The number of halogens is 1. The summed E-state index contributed by atoms with van der Waals surface area (Å²) in [6.45, 7) is 0. The number of nitro benzene ring substituents is 1. The Hall–Kier alpha value is -1.47. The highest BCUT2D eigenvalue weighted by Crippen LogP contribution is 2.25. The molecular weight excluding hydrogens is 304 g/mol. The topological polar surface area (TPSA) is 89.3 Å². The van der Waals surface area contributed by atoms with Crippen molar-refractivity contribution in [3.63, 3.8) is 0 Å². The Morgan fingerprint density at radius 2 is 2.05 bits per heavy atom. The molecule has 1 aromatic rings. The summed E-state index contributed by atoms with van der Waals surface area (Å²) in [6.07, 6.45) is 1.32. The molecule has 1 fully saturated rings. The summed E-state index contributed by atoms with van der Waals surface area (Å²) in [5, 5.41) is 13.6. The molecule has 0 radical (unpaired) electrons. The van der Waals surface area contributed by atoms with E-state index in [1.54, 1.807) is 0 Å². The second kappa shape index (κ2) is 6.32. The fraction of sp³-hybridized carbons (Fsp3) is 0.417. The quantitative estimate of drug-likeness (QED) is 0.681. The van der Waals surface area contributed by atoms with Crippen molar-refractivity contribution in [1.82, 2.24) is 5.32 Å². The lowest BCUT2D eigenvalue weighted by Gasteiger charge is -2.22. The van der Waals surface area contributed by atoms with Gasteiger partial charge >= 0.3 is 0 Å². The number of carbonyl (C=O) groups is 1. The van der Waals surface area contributed by atoms with Gasteiger partial charge < -0.3 is 5.32 Å². The predicted octanol–water partition coefficient (Wildman–Crippen LogP) is 1.89. The molecule has 1 N–H and O–H groups in total. The molecule has 0 aliphatic carbocycles. The number of nitrogens with zero attached hydrogens (tertiary/aromatic N) is 1. The summed E-state index contributed by atoms with van der Waals surface area (Å²) in [7, 11) is -0.791. The Morgan fingerprint density at radius 1 is 1.40 bits per heavy atom. The van der Waals surface area contributed by atoms with Crippen LogP contribution in [0.5, 0.6) is 0 Å².